The molecule has 0 spiro atoms. The molecular formula is C14H12BrFeN-8. The van der Waals surface area contributed by atoms with Gasteiger partial charge in [-0.15, -0.1) is 0 Å². The average molecular weight is 330 g/mol. The monoisotopic (exact) mass is 329 g/mol. The molecule has 2 aromatic carbocycles. The van der Waals surface area contributed by atoms with Crippen molar-refractivity contribution < 1.29 is 38.5 Å². The summed E-state index contributed by atoms with van der Waals surface area (Å²) in [4.78, 5) is 0. The van der Waals surface area contributed by atoms with Crippen LogP contribution in [-0.2, 0) is 23.6 Å². The molecule has 1 nitrogen and oxygen atoms in total. The summed E-state index contributed by atoms with van der Waals surface area (Å²) in [6.45, 7) is 0.944. The van der Waals surface area contributed by atoms with Crippen molar-refractivity contribution in [2.75, 3.05) is 21.1 Å². The summed E-state index contributed by atoms with van der Waals surface area (Å²) in [5.74, 6) is 0. The van der Waals surface area contributed by atoms with E-state index >= 15 is 0 Å². The molecule has 0 saturated heterocycles. The van der Waals surface area contributed by atoms with Crippen LogP contribution in [0, 0.1) is 48.5 Å². The van der Waals surface area contributed by atoms with Gasteiger partial charge in [-0.2, -0.15) is 0 Å². The second kappa shape index (κ2) is 9.67. The molecule has 3 heteroatoms. The van der Waals surface area contributed by atoms with Gasteiger partial charge in [-0.3, -0.25) is 0 Å². The van der Waals surface area contributed by atoms with Crippen LogP contribution in [-0.4, -0.2) is 25.6 Å². The molecule has 17 heavy (non-hydrogen) atoms. The van der Waals surface area contributed by atoms with Gasteiger partial charge in [0.25, 0.3) is 0 Å². The first kappa shape index (κ1) is 19.0. The fourth-order valence-electron chi connectivity index (χ4n) is 0.978. The largest absolute Gasteiger partial charge is 2.00 e. The van der Waals surface area contributed by atoms with Crippen molar-refractivity contribution >= 4 is 0 Å². The van der Waals surface area contributed by atoms with Gasteiger partial charge < -0.3 is 81.6 Å². The van der Waals surface area contributed by atoms with Gasteiger partial charge in [-0.05, 0) is 0 Å². The molecule has 0 amide bonds. The van der Waals surface area contributed by atoms with E-state index in [0.717, 1.165) is 16.6 Å². The topological polar surface area (TPSA) is 0 Å². The normalized spacial score (nSPS) is 9.35. The fourth-order valence-corrected chi connectivity index (χ4v) is 0.978. The molecule has 0 saturated carbocycles. The average Bonchev–Trinajstić information content (AvgIpc) is 2.71. The molecule has 0 unspecified atom stereocenters. The van der Waals surface area contributed by atoms with Crippen molar-refractivity contribution in [3.05, 3.63) is 60.2 Å². The summed E-state index contributed by atoms with van der Waals surface area (Å²) < 4.78 is 0.901. The van der Waals surface area contributed by atoms with Crippen LogP contribution in [0.25, 0.3) is 0 Å². The zero-order valence-corrected chi connectivity index (χ0v) is 12.7. The van der Waals surface area contributed by atoms with Gasteiger partial charge >= 0.3 is 17.1 Å². The van der Waals surface area contributed by atoms with Gasteiger partial charge in [0.1, 0.15) is 0 Å². The minimum absolute atomic E-state index is 0. The van der Waals surface area contributed by atoms with Crippen molar-refractivity contribution in [1.82, 2.24) is 0 Å². The summed E-state index contributed by atoms with van der Waals surface area (Å²) in [6, 6.07) is 23.4. The Labute approximate surface area is 126 Å². The van der Waals surface area contributed by atoms with Crippen LogP contribution < -0.4 is 17.0 Å². The molecule has 0 N–H and O–H groups in total. The van der Waals surface area contributed by atoms with E-state index in [-0.39, 0.29) is 34.1 Å². The number of halogens is 1. The summed E-state index contributed by atoms with van der Waals surface area (Å²) in [5.41, 5.74) is 1.06. The first-order valence-corrected chi connectivity index (χ1v) is 4.59. The van der Waals surface area contributed by atoms with Crippen LogP contribution in [0.4, 0.5) is 0 Å². The quantitative estimate of drug-likeness (QED) is 0.354. The Morgan fingerprint density at radius 3 is 1.71 bits per heavy atom. The van der Waals surface area contributed by atoms with E-state index in [1.54, 1.807) is 6.07 Å². The minimum Gasteiger partial charge on any atom is -1.00 e. The maximum atomic E-state index is 2.94. The Morgan fingerprint density at radius 2 is 1.41 bits per heavy atom. The zero-order chi connectivity index (χ0) is 11.1. The molecule has 96 valence electrons. The molecule has 0 aromatic heterocycles. The molecule has 2 rings (SSSR count). The Morgan fingerprint density at radius 1 is 0.941 bits per heavy atom. The summed E-state index contributed by atoms with van der Waals surface area (Å²) in [6.07, 6.45) is 0. The Kier molecular flexibility index (Phi) is 10.8. The van der Waals surface area contributed by atoms with E-state index in [2.05, 4.69) is 69.7 Å². The predicted octanol–water partition coefficient (Wildman–Crippen LogP) is -1.58. The SMILES string of the molecule is C[N+](C)(C)C[c-]1[c-][c-][c-][c-]1.[Br-].[Fe+2].[c-]1[c-][c-][cH-][c-]1. The number of quaternary nitrogens is 1. The van der Waals surface area contributed by atoms with E-state index in [4.69, 9.17) is 0 Å². The summed E-state index contributed by atoms with van der Waals surface area (Å²) in [7, 11) is 6.40. The Bertz CT molecular complexity index is 315. The van der Waals surface area contributed by atoms with Gasteiger partial charge in [0, 0.05) is 0 Å². The molecule has 0 aliphatic carbocycles. The molecule has 0 heterocycles. The standard InChI is InChI=1S/C9H11N.C5H.BrH.Fe/c1-10(2,3)8-9-6-4-5-7-9;1-2-4-5-3-1;;/h8H2,1-3H3;1H;1H;/q-4;-5;;+2/p-1. The Hall–Kier alpha value is -0.341. The maximum Gasteiger partial charge on any atom is 2.00 e. The second-order valence-corrected chi connectivity index (χ2v) is 4.11. The number of hydrogen-bond acceptors (Lipinski definition) is 0. The van der Waals surface area contributed by atoms with Crippen molar-refractivity contribution in [1.29, 1.82) is 0 Å². The van der Waals surface area contributed by atoms with Gasteiger partial charge in [0.2, 0.25) is 0 Å². The van der Waals surface area contributed by atoms with Crippen LogP contribution in [0.5, 0.6) is 0 Å². The van der Waals surface area contributed by atoms with Crippen molar-refractivity contribution in [3.63, 3.8) is 0 Å². The Balaban J connectivity index is 0. The van der Waals surface area contributed by atoms with E-state index in [1.165, 1.54) is 0 Å². The fraction of sp³-hybridized carbons (Fsp3) is 0.286. The van der Waals surface area contributed by atoms with E-state index < -0.39 is 0 Å². The third kappa shape index (κ3) is 10.5. The van der Waals surface area contributed by atoms with Gasteiger partial charge in [-0.1, -0.05) is 6.54 Å². The summed E-state index contributed by atoms with van der Waals surface area (Å²) >= 11 is 0. The summed E-state index contributed by atoms with van der Waals surface area (Å²) in [5, 5.41) is 0. The van der Waals surface area contributed by atoms with Crippen LogP contribution in [0.3, 0.4) is 0 Å². The van der Waals surface area contributed by atoms with Gasteiger partial charge in [0.15, 0.2) is 0 Å². The smallest absolute Gasteiger partial charge is 1.00 e. The van der Waals surface area contributed by atoms with Crippen LogP contribution in [0.2, 0.25) is 0 Å². The molecular weight excluding hydrogens is 318 g/mol. The molecule has 0 bridgehead atoms. The molecule has 0 aliphatic heterocycles. The first-order chi connectivity index (χ1) is 7.08. The second-order valence-electron chi connectivity index (χ2n) is 4.11. The predicted molar refractivity (Wildman–Crippen MR) is 56.5 cm³/mol. The van der Waals surface area contributed by atoms with E-state index in [1.807, 2.05) is 0 Å². The molecule has 0 radical (unpaired) electrons. The number of nitrogens with zero attached hydrogens (tertiary/aromatic N) is 1. The molecule has 0 aliphatic rings. The number of hydrogen-bond donors (Lipinski definition) is 0. The van der Waals surface area contributed by atoms with Crippen molar-refractivity contribution in [2.24, 2.45) is 0 Å². The van der Waals surface area contributed by atoms with Crippen LogP contribution in [0.15, 0.2) is 6.07 Å². The molecule has 2 aromatic rings. The van der Waals surface area contributed by atoms with Crippen LogP contribution in [0.1, 0.15) is 5.56 Å². The third-order valence-electron chi connectivity index (χ3n) is 1.47. The zero-order valence-electron chi connectivity index (χ0n) is 9.96. The third-order valence-corrected chi connectivity index (χ3v) is 1.47. The molecule has 0 atom stereocenters. The minimum atomic E-state index is 0. The van der Waals surface area contributed by atoms with Crippen molar-refractivity contribution in [3.8, 4) is 0 Å². The number of rotatable bonds is 2. The van der Waals surface area contributed by atoms with Crippen LogP contribution >= 0.6 is 0 Å². The van der Waals surface area contributed by atoms with E-state index in [0.29, 0.717) is 0 Å². The first-order valence-electron chi connectivity index (χ1n) is 4.59. The van der Waals surface area contributed by atoms with Gasteiger partial charge in [0.05, 0.1) is 21.1 Å². The van der Waals surface area contributed by atoms with Crippen molar-refractivity contribution in [2.45, 2.75) is 6.54 Å². The van der Waals surface area contributed by atoms with E-state index in [9.17, 15) is 0 Å². The molecule has 0 fully saturated rings. The van der Waals surface area contributed by atoms with Gasteiger partial charge in [-0.25, -0.2) is 0 Å². The maximum absolute atomic E-state index is 2.94.